The fourth-order valence-electron chi connectivity index (χ4n) is 1.62. The van der Waals surface area contributed by atoms with Crippen LogP contribution in [0, 0.1) is 0 Å². The van der Waals surface area contributed by atoms with E-state index in [-0.39, 0.29) is 6.42 Å². The Labute approximate surface area is 103 Å². The van der Waals surface area contributed by atoms with Crippen molar-refractivity contribution in [2.75, 3.05) is 11.6 Å². The molecular formula is C12H12F2N2O2. The van der Waals surface area contributed by atoms with Crippen molar-refractivity contribution in [2.24, 2.45) is 5.10 Å². The molecule has 0 spiro atoms. The molecule has 6 heteroatoms. The van der Waals surface area contributed by atoms with Gasteiger partial charge < -0.3 is 4.74 Å². The van der Waals surface area contributed by atoms with Gasteiger partial charge in [0.25, 0.3) is 12.3 Å². The Bertz CT molecular complexity index is 471. The van der Waals surface area contributed by atoms with Gasteiger partial charge in [0.15, 0.2) is 0 Å². The monoisotopic (exact) mass is 254 g/mol. The zero-order valence-electron chi connectivity index (χ0n) is 9.77. The maximum absolute atomic E-state index is 12.4. The number of hydrazone groups is 1. The largest absolute Gasteiger partial charge is 0.494 e. The van der Waals surface area contributed by atoms with Gasteiger partial charge in [0.05, 0.1) is 18.7 Å². The van der Waals surface area contributed by atoms with E-state index in [0.29, 0.717) is 18.0 Å². The number of hydrogen-bond acceptors (Lipinski definition) is 3. The number of ether oxygens (including phenoxy) is 1. The summed E-state index contributed by atoms with van der Waals surface area (Å²) in [6.45, 7) is 2.40. The van der Waals surface area contributed by atoms with Gasteiger partial charge in [-0.05, 0) is 31.2 Å². The number of alkyl halides is 2. The second-order valence-electron chi connectivity index (χ2n) is 3.70. The third-order valence-electron chi connectivity index (χ3n) is 2.44. The lowest BCUT2D eigenvalue weighted by molar-refractivity contribution is -0.117. The number of carbonyl (C=O) groups is 1. The molecule has 1 aromatic rings. The molecule has 0 aromatic heterocycles. The summed E-state index contributed by atoms with van der Waals surface area (Å²) in [6.07, 6.45) is -3.02. The normalized spacial score (nSPS) is 15.2. The number of anilines is 1. The third kappa shape index (κ3) is 2.47. The van der Waals surface area contributed by atoms with E-state index < -0.39 is 18.0 Å². The first-order valence-electron chi connectivity index (χ1n) is 5.53. The van der Waals surface area contributed by atoms with Crippen molar-refractivity contribution in [2.45, 2.75) is 19.8 Å². The van der Waals surface area contributed by atoms with E-state index in [2.05, 4.69) is 5.10 Å². The molecular weight excluding hydrogens is 242 g/mol. The lowest BCUT2D eigenvalue weighted by Gasteiger charge is -2.12. The summed E-state index contributed by atoms with van der Waals surface area (Å²) < 4.78 is 30.1. The van der Waals surface area contributed by atoms with E-state index in [1.165, 1.54) is 0 Å². The molecule has 1 heterocycles. The van der Waals surface area contributed by atoms with Crippen LogP contribution in [-0.2, 0) is 4.79 Å². The van der Waals surface area contributed by atoms with Crippen LogP contribution in [0.3, 0.4) is 0 Å². The van der Waals surface area contributed by atoms with Gasteiger partial charge in [-0.3, -0.25) is 4.79 Å². The molecule has 0 bridgehead atoms. The summed E-state index contributed by atoms with van der Waals surface area (Å²) in [5.41, 5.74) is 0.0630. The predicted octanol–water partition coefficient (Wildman–Crippen LogP) is 2.44. The zero-order valence-corrected chi connectivity index (χ0v) is 9.77. The minimum atomic E-state index is -2.69. The van der Waals surface area contributed by atoms with Crippen LogP contribution in [0.1, 0.15) is 13.3 Å². The summed E-state index contributed by atoms with van der Waals surface area (Å²) >= 11 is 0. The topological polar surface area (TPSA) is 41.9 Å². The third-order valence-corrected chi connectivity index (χ3v) is 2.44. The average molecular weight is 254 g/mol. The van der Waals surface area contributed by atoms with Crippen LogP contribution in [0.4, 0.5) is 14.5 Å². The smallest absolute Gasteiger partial charge is 0.278 e. The molecule has 96 valence electrons. The van der Waals surface area contributed by atoms with Crippen molar-refractivity contribution >= 4 is 17.3 Å². The molecule has 1 aromatic carbocycles. The first kappa shape index (κ1) is 12.5. The minimum Gasteiger partial charge on any atom is -0.494 e. The molecule has 0 unspecified atom stereocenters. The molecule has 0 saturated carbocycles. The van der Waals surface area contributed by atoms with Gasteiger partial charge in [0.1, 0.15) is 11.5 Å². The SMILES string of the molecule is CCOc1ccc(N2N=C(C(F)F)CC2=O)cc1. The Hall–Kier alpha value is -1.98. The fourth-order valence-corrected chi connectivity index (χ4v) is 1.62. The molecule has 0 radical (unpaired) electrons. The summed E-state index contributed by atoms with van der Waals surface area (Å²) in [5.74, 6) is 0.209. The van der Waals surface area contributed by atoms with Crippen LogP contribution in [0.5, 0.6) is 5.75 Å². The Morgan fingerprint density at radius 3 is 2.56 bits per heavy atom. The second-order valence-corrected chi connectivity index (χ2v) is 3.70. The molecule has 1 aliphatic heterocycles. The maximum atomic E-state index is 12.4. The highest BCUT2D eigenvalue weighted by Crippen LogP contribution is 2.24. The molecule has 1 amide bonds. The van der Waals surface area contributed by atoms with Gasteiger partial charge in [0, 0.05) is 0 Å². The minimum absolute atomic E-state index is 0.328. The van der Waals surface area contributed by atoms with Crippen LogP contribution in [0.25, 0.3) is 0 Å². The Kier molecular flexibility index (Phi) is 3.55. The number of benzene rings is 1. The highest BCUT2D eigenvalue weighted by molar-refractivity contribution is 6.14. The van der Waals surface area contributed by atoms with Crippen LogP contribution in [0.2, 0.25) is 0 Å². The number of hydrogen-bond donors (Lipinski definition) is 0. The summed E-state index contributed by atoms with van der Waals surface area (Å²) in [4.78, 5) is 11.5. The molecule has 2 rings (SSSR count). The van der Waals surface area contributed by atoms with Gasteiger partial charge in [-0.15, -0.1) is 0 Å². The number of halogens is 2. The van der Waals surface area contributed by atoms with Gasteiger partial charge >= 0.3 is 0 Å². The average Bonchev–Trinajstić information content (AvgIpc) is 2.73. The van der Waals surface area contributed by atoms with Crippen molar-refractivity contribution in [3.63, 3.8) is 0 Å². The number of nitrogens with zero attached hydrogens (tertiary/aromatic N) is 2. The number of carbonyl (C=O) groups excluding carboxylic acids is 1. The van der Waals surface area contributed by atoms with Crippen LogP contribution >= 0.6 is 0 Å². The molecule has 4 nitrogen and oxygen atoms in total. The zero-order chi connectivity index (χ0) is 13.1. The van der Waals surface area contributed by atoms with E-state index in [9.17, 15) is 13.6 Å². The lowest BCUT2D eigenvalue weighted by atomic mass is 10.2. The molecule has 0 fully saturated rings. The first-order chi connectivity index (χ1) is 8.61. The van der Waals surface area contributed by atoms with E-state index >= 15 is 0 Å². The van der Waals surface area contributed by atoms with Crippen LogP contribution in [0.15, 0.2) is 29.4 Å². The van der Waals surface area contributed by atoms with Crippen LogP contribution in [-0.4, -0.2) is 24.7 Å². The van der Waals surface area contributed by atoms with Gasteiger partial charge in [-0.1, -0.05) is 0 Å². The van der Waals surface area contributed by atoms with E-state index in [1.54, 1.807) is 24.3 Å². The van der Waals surface area contributed by atoms with E-state index in [1.807, 2.05) is 6.92 Å². The quantitative estimate of drug-likeness (QED) is 0.828. The molecule has 18 heavy (non-hydrogen) atoms. The molecule has 0 aliphatic carbocycles. The van der Waals surface area contributed by atoms with E-state index in [0.717, 1.165) is 5.01 Å². The Morgan fingerprint density at radius 1 is 1.39 bits per heavy atom. The Balaban J connectivity index is 2.18. The standard InChI is InChI=1S/C12H12F2N2O2/c1-2-18-9-5-3-8(4-6-9)16-11(17)7-10(15-16)12(13)14/h3-6,12H,2,7H2,1H3. The summed E-state index contributed by atoms with van der Waals surface area (Å²) in [5, 5.41) is 4.62. The van der Waals surface area contributed by atoms with Gasteiger partial charge in [-0.25, -0.2) is 13.8 Å². The van der Waals surface area contributed by atoms with Crippen molar-refractivity contribution in [3.05, 3.63) is 24.3 Å². The summed E-state index contributed by atoms with van der Waals surface area (Å²) in [6, 6.07) is 6.56. The second kappa shape index (κ2) is 5.12. The predicted molar refractivity (Wildman–Crippen MR) is 63.2 cm³/mol. The molecule has 0 atom stereocenters. The lowest BCUT2D eigenvalue weighted by Crippen LogP contribution is -2.19. The maximum Gasteiger partial charge on any atom is 0.278 e. The first-order valence-corrected chi connectivity index (χ1v) is 5.53. The highest BCUT2D eigenvalue weighted by Gasteiger charge is 2.29. The van der Waals surface area contributed by atoms with Crippen LogP contribution < -0.4 is 9.75 Å². The molecule has 1 aliphatic rings. The van der Waals surface area contributed by atoms with Crippen molar-refractivity contribution in [3.8, 4) is 5.75 Å². The van der Waals surface area contributed by atoms with E-state index in [4.69, 9.17) is 4.74 Å². The van der Waals surface area contributed by atoms with Gasteiger partial charge in [-0.2, -0.15) is 5.10 Å². The number of amides is 1. The van der Waals surface area contributed by atoms with Crippen molar-refractivity contribution in [1.29, 1.82) is 0 Å². The Morgan fingerprint density at radius 2 is 2.06 bits per heavy atom. The van der Waals surface area contributed by atoms with Gasteiger partial charge in [0.2, 0.25) is 0 Å². The number of rotatable bonds is 4. The molecule has 0 N–H and O–H groups in total. The van der Waals surface area contributed by atoms with Crippen molar-refractivity contribution < 1.29 is 18.3 Å². The highest BCUT2D eigenvalue weighted by atomic mass is 19.3. The summed E-state index contributed by atoms with van der Waals surface area (Å²) in [7, 11) is 0. The molecule has 0 saturated heterocycles. The fraction of sp³-hybridized carbons (Fsp3) is 0.333. The van der Waals surface area contributed by atoms with Crippen molar-refractivity contribution in [1.82, 2.24) is 0 Å².